The van der Waals surface area contributed by atoms with Crippen molar-refractivity contribution >= 4 is 11.0 Å². The number of fused-ring (bicyclic) bond motifs is 1. The number of aryl methyl sites for hydroxylation is 1. The Morgan fingerprint density at radius 2 is 2.20 bits per heavy atom. The summed E-state index contributed by atoms with van der Waals surface area (Å²) in [6, 6.07) is 8.24. The molecule has 7 nitrogen and oxygen atoms in total. The molecule has 1 unspecified atom stereocenters. The van der Waals surface area contributed by atoms with Crippen molar-refractivity contribution < 1.29 is 9.15 Å². The third kappa shape index (κ3) is 3.30. The summed E-state index contributed by atoms with van der Waals surface area (Å²) in [5.74, 6) is 2.58. The summed E-state index contributed by atoms with van der Waals surface area (Å²) in [5, 5.41) is 12.0. The molecule has 1 atom stereocenters. The number of para-hydroxylation sites is 1. The molecule has 2 N–H and O–H groups in total. The van der Waals surface area contributed by atoms with Crippen LogP contribution in [0.1, 0.15) is 29.0 Å². The van der Waals surface area contributed by atoms with E-state index in [0.717, 1.165) is 48.1 Å². The zero-order valence-corrected chi connectivity index (χ0v) is 14.6. The van der Waals surface area contributed by atoms with Crippen molar-refractivity contribution in [2.45, 2.75) is 26.1 Å². The first-order valence-electron chi connectivity index (χ1n) is 8.59. The lowest BCUT2D eigenvalue weighted by atomic mass is 10.1. The van der Waals surface area contributed by atoms with Crippen molar-refractivity contribution in [2.75, 3.05) is 26.8 Å². The normalized spacial score (nSPS) is 18.9. The Kier molecular flexibility index (Phi) is 4.52. The minimum Gasteiger partial charge on any atom is -0.461 e. The molecule has 1 aliphatic rings. The number of nitrogens with one attached hydrogen (secondary N) is 2. The lowest BCUT2D eigenvalue weighted by Crippen LogP contribution is -2.37. The Morgan fingerprint density at radius 1 is 1.32 bits per heavy atom. The Hall–Kier alpha value is -2.22. The van der Waals surface area contributed by atoms with Crippen LogP contribution in [-0.2, 0) is 17.8 Å². The molecule has 25 heavy (non-hydrogen) atoms. The average Bonchev–Trinajstić information content (AvgIpc) is 3.20. The molecular weight excluding hydrogens is 318 g/mol. The molecule has 0 radical (unpaired) electrons. The van der Waals surface area contributed by atoms with Gasteiger partial charge in [-0.05, 0) is 20.0 Å². The second kappa shape index (κ2) is 6.95. The number of aromatic amines is 1. The summed E-state index contributed by atoms with van der Waals surface area (Å²) in [6.07, 6.45) is 0. The summed E-state index contributed by atoms with van der Waals surface area (Å²) in [6.45, 7) is 5.67. The SMILES string of the molecule is Cc1oc2ccccc2c1CNCc1nc(C2COCCN2C)n[nH]1. The maximum absolute atomic E-state index is 5.80. The number of benzene rings is 1. The van der Waals surface area contributed by atoms with E-state index in [1.807, 2.05) is 25.1 Å². The van der Waals surface area contributed by atoms with Crippen LogP contribution in [0.2, 0.25) is 0 Å². The van der Waals surface area contributed by atoms with Crippen LogP contribution in [0.4, 0.5) is 0 Å². The highest BCUT2D eigenvalue weighted by atomic mass is 16.5. The van der Waals surface area contributed by atoms with E-state index in [9.17, 15) is 0 Å². The zero-order valence-electron chi connectivity index (χ0n) is 14.6. The van der Waals surface area contributed by atoms with Crippen molar-refractivity contribution in [3.8, 4) is 0 Å². The van der Waals surface area contributed by atoms with Crippen LogP contribution in [-0.4, -0.2) is 46.9 Å². The summed E-state index contributed by atoms with van der Waals surface area (Å²) in [4.78, 5) is 6.84. The van der Waals surface area contributed by atoms with Crippen molar-refractivity contribution in [3.63, 3.8) is 0 Å². The second-order valence-corrected chi connectivity index (χ2v) is 6.45. The van der Waals surface area contributed by atoms with Gasteiger partial charge in [0.05, 0.1) is 25.8 Å². The van der Waals surface area contributed by atoms with Gasteiger partial charge in [-0.2, -0.15) is 5.10 Å². The maximum atomic E-state index is 5.80. The number of ether oxygens (including phenoxy) is 1. The van der Waals surface area contributed by atoms with Gasteiger partial charge in [-0.25, -0.2) is 4.98 Å². The minimum atomic E-state index is 0.124. The van der Waals surface area contributed by atoms with Crippen molar-refractivity contribution in [3.05, 3.63) is 47.2 Å². The molecule has 2 aromatic heterocycles. The standard InChI is InChI=1S/C18H23N5O2/c1-12-14(13-5-3-4-6-16(13)25-12)9-19-10-17-20-18(22-21-17)15-11-24-8-7-23(15)2/h3-6,15,19H,7-11H2,1-2H3,(H,20,21,22). The Balaban J connectivity index is 1.39. The van der Waals surface area contributed by atoms with Gasteiger partial charge in [0, 0.05) is 24.0 Å². The number of nitrogens with zero attached hydrogens (tertiary/aromatic N) is 3. The highest BCUT2D eigenvalue weighted by Gasteiger charge is 2.25. The van der Waals surface area contributed by atoms with Crippen LogP contribution in [0.5, 0.6) is 0 Å². The summed E-state index contributed by atoms with van der Waals surface area (Å²) < 4.78 is 11.3. The molecule has 3 aromatic rings. The van der Waals surface area contributed by atoms with E-state index >= 15 is 0 Å². The lowest BCUT2D eigenvalue weighted by molar-refractivity contribution is 0.00193. The van der Waals surface area contributed by atoms with E-state index in [1.54, 1.807) is 0 Å². The number of rotatable bonds is 5. The molecule has 7 heteroatoms. The number of hydrogen-bond acceptors (Lipinski definition) is 6. The summed E-state index contributed by atoms with van der Waals surface area (Å²) in [7, 11) is 2.08. The first kappa shape index (κ1) is 16.3. The van der Waals surface area contributed by atoms with Crippen molar-refractivity contribution in [1.82, 2.24) is 25.4 Å². The molecule has 1 fully saturated rings. The van der Waals surface area contributed by atoms with E-state index in [-0.39, 0.29) is 6.04 Å². The number of furan rings is 1. The number of aromatic nitrogens is 3. The topological polar surface area (TPSA) is 79.2 Å². The highest BCUT2D eigenvalue weighted by Crippen LogP contribution is 2.25. The second-order valence-electron chi connectivity index (χ2n) is 6.45. The van der Waals surface area contributed by atoms with Crippen LogP contribution >= 0.6 is 0 Å². The molecule has 0 spiro atoms. The van der Waals surface area contributed by atoms with Gasteiger partial charge in [0.15, 0.2) is 5.82 Å². The van der Waals surface area contributed by atoms with E-state index < -0.39 is 0 Å². The largest absolute Gasteiger partial charge is 0.461 e. The summed E-state index contributed by atoms with van der Waals surface area (Å²) >= 11 is 0. The fourth-order valence-electron chi connectivity index (χ4n) is 3.24. The van der Waals surface area contributed by atoms with Crippen LogP contribution in [0.15, 0.2) is 28.7 Å². The average molecular weight is 341 g/mol. The van der Waals surface area contributed by atoms with Crippen molar-refractivity contribution in [1.29, 1.82) is 0 Å². The Bertz CT molecular complexity index is 856. The lowest BCUT2D eigenvalue weighted by Gasteiger charge is -2.30. The Morgan fingerprint density at radius 3 is 3.08 bits per heavy atom. The van der Waals surface area contributed by atoms with E-state index in [0.29, 0.717) is 13.2 Å². The molecule has 1 saturated heterocycles. The molecule has 4 rings (SSSR count). The van der Waals surface area contributed by atoms with Crippen LogP contribution < -0.4 is 5.32 Å². The molecular formula is C18H23N5O2. The van der Waals surface area contributed by atoms with Gasteiger partial charge in [-0.15, -0.1) is 0 Å². The van der Waals surface area contributed by atoms with Crippen LogP contribution in [0.3, 0.4) is 0 Å². The molecule has 0 aliphatic carbocycles. The van der Waals surface area contributed by atoms with Crippen molar-refractivity contribution in [2.24, 2.45) is 0 Å². The highest BCUT2D eigenvalue weighted by molar-refractivity contribution is 5.82. The minimum absolute atomic E-state index is 0.124. The third-order valence-corrected chi connectivity index (χ3v) is 4.74. The fraction of sp³-hybridized carbons (Fsp3) is 0.444. The Labute approximate surface area is 146 Å². The molecule has 0 amide bonds. The van der Waals surface area contributed by atoms with E-state index in [4.69, 9.17) is 9.15 Å². The molecule has 1 aromatic carbocycles. The van der Waals surface area contributed by atoms with Gasteiger partial charge in [0.1, 0.15) is 17.2 Å². The maximum Gasteiger partial charge on any atom is 0.170 e. The first-order valence-corrected chi connectivity index (χ1v) is 8.59. The van der Waals surface area contributed by atoms with E-state index in [2.05, 4.69) is 38.5 Å². The van der Waals surface area contributed by atoms with Gasteiger partial charge in [-0.3, -0.25) is 10.00 Å². The molecule has 3 heterocycles. The molecule has 0 bridgehead atoms. The van der Waals surface area contributed by atoms with E-state index in [1.165, 1.54) is 5.56 Å². The number of hydrogen-bond donors (Lipinski definition) is 2. The predicted molar refractivity (Wildman–Crippen MR) is 94.1 cm³/mol. The van der Waals surface area contributed by atoms with Gasteiger partial charge in [-0.1, -0.05) is 18.2 Å². The number of likely N-dealkylation sites (N-methyl/N-ethyl adjacent to an activating group) is 1. The monoisotopic (exact) mass is 341 g/mol. The smallest absolute Gasteiger partial charge is 0.170 e. The van der Waals surface area contributed by atoms with Crippen LogP contribution in [0, 0.1) is 6.92 Å². The third-order valence-electron chi connectivity index (χ3n) is 4.74. The number of morpholine rings is 1. The summed E-state index contributed by atoms with van der Waals surface area (Å²) in [5.41, 5.74) is 2.12. The van der Waals surface area contributed by atoms with Gasteiger partial charge >= 0.3 is 0 Å². The van der Waals surface area contributed by atoms with Gasteiger partial charge in [0.25, 0.3) is 0 Å². The number of H-pyrrole nitrogens is 1. The first-order chi connectivity index (χ1) is 12.2. The van der Waals surface area contributed by atoms with Crippen LogP contribution in [0.25, 0.3) is 11.0 Å². The van der Waals surface area contributed by atoms with Gasteiger partial charge < -0.3 is 14.5 Å². The molecule has 132 valence electrons. The molecule has 0 saturated carbocycles. The quantitative estimate of drug-likeness (QED) is 0.740. The van der Waals surface area contributed by atoms with Gasteiger partial charge in [0.2, 0.25) is 0 Å². The zero-order chi connectivity index (χ0) is 17.2. The fourth-order valence-corrected chi connectivity index (χ4v) is 3.24. The predicted octanol–water partition coefficient (Wildman–Crippen LogP) is 2.15. The molecule has 1 aliphatic heterocycles.